The molecule has 1 aromatic carbocycles. The van der Waals surface area contributed by atoms with Gasteiger partial charge in [0.05, 0.1) is 12.1 Å². The van der Waals surface area contributed by atoms with Crippen LogP contribution in [-0.2, 0) is 4.79 Å². The molecular weight excluding hydrogens is 414 g/mol. The number of furan rings is 1. The Morgan fingerprint density at radius 2 is 2.07 bits per heavy atom. The van der Waals surface area contributed by atoms with Gasteiger partial charge in [-0.2, -0.15) is 4.37 Å². The largest absolute Gasteiger partial charge is 0.467 e. The summed E-state index contributed by atoms with van der Waals surface area (Å²) < 4.78 is 15.3. The normalized spacial score (nSPS) is 20.6. The van der Waals surface area contributed by atoms with E-state index in [1.165, 1.54) is 11.5 Å². The SMILES string of the molecule is Cc1c(C(=O)N2C[C@@H]3C[C@H]2CN3C(=O)COc2ccsn2)oc2cc(Cl)ccc12. The molecular formula is C20H18ClN3O4S. The van der Waals surface area contributed by atoms with Crippen molar-refractivity contribution in [1.82, 2.24) is 14.2 Å². The lowest BCUT2D eigenvalue weighted by atomic mass is 10.1. The number of carbonyl (C=O) groups excluding carboxylic acids is 2. The standard InChI is InChI=1S/C20H18ClN3O4S/c1-11-15-3-2-12(21)6-16(15)28-19(11)20(26)24-9-13-7-14(24)8-23(13)18(25)10-27-17-4-5-29-22-17/h2-6,13-14H,7-10H2,1H3/t13-,14-/m0/s1. The fourth-order valence-electron chi connectivity index (χ4n) is 4.25. The van der Waals surface area contributed by atoms with Gasteiger partial charge in [0.2, 0.25) is 5.88 Å². The third-order valence-corrected chi connectivity index (χ3v) is 6.45. The van der Waals surface area contributed by atoms with E-state index < -0.39 is 0 Å². The second kappa shape index (κ2) is 7.03. The minimum atomic E-state index is -0.131. The van der Waals surface area contributed by atoms with Gasteiger partial charge in [0.25, 0.3) is 11.8 Å². The number of rotatable bonds is 4. The van der Waals surface area contributed by atoms with Crippen molar-refractivity contribution in [1.29, 1.82) is 0 Å². The number of piperazine rings is 1. The maximum Gasteiger partial charge on any atom is 0.290 e. The predicted octanol–water partition coefficient (Wildman–Crippen LogP) is 3.36. The summed E-state index contributed by atoms with van der Waals surface area (Å²) in [6.07, 6.45) is 0.777. The number of amides is 2. The van der Waals surface area contributed by atoms with Crippen molar-refractivity contribution in [3.8, 4) is 5.88 Å². The number of likely N-dealkylation sites (tertiary alicyclic amines) is 2. The molecule has 2 atom stereocenters. The molecule has 9 heteroatoms. The molecule has 2 saturated heterocycles. The molecule has 0 N–H and O–H groups in total. The summed E-state index contributed by atoms with van der Waals surface area (Å²) in [6, 6.07) is 7.11. The van der Waals surface area contributed by atoms with Crippen LogP contribution in [0.25, 0.3) is 11.0 Å². The second-order valence-corrected chi connectivity index (χ2v) is 8.47. The van der Waals surface area contributed by atoms with Gasteiger partial charge in [-0.05, 0) is 37.0 Å². The Bertz CT molecular complexity index is 1100. The number of hydrogen-bond donors (Lipinski definition) is 0. The van der Waals surface area contributed by atoms with E-state index in [-0.39, 0.29) is 30.5 Å². The molecule has 2 aromatic heterocycles. The maximum absolute atomic E-state index is 13.1. The first-order valence-corrected chi connectivity index (χ1v) is 10.5. The topological polar surface area (TPSA) is 75.9 Å². The van der Waals surface area contributed by atoms with E-state index in [1.807, 2.05) is 22.8 Å². The number of hydrogen-bond acceptors (Lipinski definition) is 6. The molecule has 0 saturated carbocycles. The molecule has 2 amide bonds. The number of carbonyl (C=O) groups is 2. The second-order valence-electron chi connectivity index (χ2n) is 7.37. The molecule has 2 aliphatic heterocycles. The highest BCUT2D eigenvalue weighted by molar-refractivity contribution is 7.03. The monoisotopic (exact) mass is 431 g/mol. The first-order chi connectivity index (χ1) is 14.0. The molecule has 29 heavy (non-hydrogen) atoms. The van der Waals surface area contributed by atoms with E-state index in [2.05, 4.69) is 4.37 Å². The Balaban J connectivity index is 1.27. The van der Waals surface area contributed by atoms with Crippen LogP contribution in [0.15, 0.2) is 34.1 Å². The molecule has 0 radical (unpaired) electrons. The van der Waals surface area contributed by atoms with Crippen LogP contribution in [0.2, 0.25) is 5.02 Å². The number of benzene rings is 1. The Morgan fingerprint density at radius 1 is 1.28 bits per heavy atom. The first-order valence-electron chi connectivity index (χ1n) is 9.33. The number of halogens is 1. The van der Waals surface area contributed by atoms with Gasteiger partial charge in [-0.15, -0.1) is 0 Å². The van der Waals surface area contributed by atoms with Gasteiger partial charge >= 0.3 is 0 Å². The Kier molecular flexibility index (Phi) is 4.48. The minimum absolute atomic E-state index is 0.00748. The lowest BCUT2D eigenvalue weighted by Crippen LogP contribution is -2.51. The van der Waals surface area contributed by atoms with Gasteiger partial charge in [-0.1, -0.05) is 11.6 Å². The van der Waals surface area contributed by atoms with Gasteiger partial charge in [0.1, 0.15) is 5.58 Å². The third-order valence-electron chi connectivity index (χ3n) is 5.67. The van der Waals surface area contributed by atoms with Gasteiger partial charge in [-0.3, -0.25) is 9.59 Å². The lowest BCUT2D eigenvalue weighted by Gasteiger charge is -2.33. The van der Waals surface area contributed by atoms with Crippen molar-refractivity contribution in [3.05, 3.63) is 46.0 Å². The van der Waals surface area contributed by atoms with E-state index in [1.54, 1.807) is 23.6 Å². The van der Waals surface area contributed by atoms with Crippen LogP contribution in [0.1, 0.15) is 22.5 Å². The fraction of sp³-hybridized carbons (Fsp3) is 0.350. The van der Waals surface area contributed by atoms with Crippen molar-refractivity contribution in [2.45, 2.75) is 25.4 Å². The minimum Gasteiger partial charge on any atom is -0.467 e. The van der Waals surface area contributed by atoms with E-state index >= 15 is 0 Å². The summed E-state index contributed by atoms with van der Waals surface area (Å²) in [5.41, 5.74) is 1.42. The number of ether oxygens (including phenoxy) is 1. The zero-order valence-electron chi connectivity index (χ0n) is 15.6. The van der Waals surface area contributed by atoms with Crippen molar-refractivity contribution in [3.63, 3.8) is 0 Å². The summed E-state index contributed by atoms with van der Waals surface area (Å²) >= 11 is 7.32. The molecule has 0 spiro atoms. The highest BCUT2D eigenvalue weighted by atomic mass is 35.5. The highest BCUT2D eigenvalue weighted by Gasteiger charge is 2.48. The number of aromatic nitrogens is 1. The van der Waals surface area contributed by atoms with Crippen LogP contribution < -0.4 is 4.74 Å². The van der Waals surface area contributed by atoms with Crippen LogP contribution in [0, 0.1) is 6.92 Å². The van der Waals surface area contributed by atoms with E-state index in [0.717, 1.165) is 17.4 Å². The number of aryl methyl sites for hydroxylation is 1. The average Bonchev–Trinajstić information content (AvgIpc) is 3.49. The summed E-state index contributed by atoms with van der Waals surface area (Å²) in [6.45, 7) is 2.86. The molecule has 0 aliphatic carbocycles. The van der Waals surface area contributed by atoms with Gasteiger partial charge in [0.15, 0.2) is 12.4 Å². The van der Waals surface area contributed by atoms with Gasteiger partial charge in [-0.25, -0.2) is 0 Å². The molecule has 7 nitrogen and oxygen atoms in total. The van der Waals surface area contributed by atoms with Crippen molar-refractivity contribution in [2.24, 2.45) is 0 Å². The fourth-order valence-corrected chi connectivity index (χ4v) is 4.87. The number of fused-ring (bicyclic) bond motifs is 3. The summed E-state index contributed by atoms with van der Waals surface area (Å²) in [4.78, 5) is 29.3. The van der Waals surface area contributed by atoms with E-state index in [9.17, 15) is 9.59 Å². The molecule has 2 fully saturated rings. The molecule has 3 aromatic rings. The first kappa shape index (κ1) is 18.4. The molecule has 5 rings (SSSR count). The predicted molar refractivity (Wildman–Crippen MR) is 109 cm³/mol. The Morgan fingerprint density at radius 3 is 2.79 bits per heavy atom. The Hall–Kier alpha value is -2.58. The van der Waals surface area contributed by atoms with Crippen LogP contribution >= 0.6 is 23.1 Å². The lowest BCUT2D eigenvalue weighted by molar-refractivity contribution is -0.135. The van der Waals surface area contributed by atoms with Crippen molar-refractivity contribution < 1.29 is 18.7 Å². The quantitative estimate of drug-likeness (QED) is 0.633. The third kappa shape index (κ3) is 3.16. The Labute approximate surface area is 175 Å². The summed E-state index contributed by atoms with van der Waals surface area (Å²) in [5.74, 6) is 0.602. The summed E-state index contributed by atoms with van der Waals surface area (Å²) in [7, 11) is 0. The molecule has 2 aliphatic rings. The van der Waals surface area contributed by atoms with Crippen LogP contribution in [-0.4, -0.2) is 57.8 Å². The van der Waals surface area contributed by atoms with Crippen molar-refractivity contribution >= 4 is 45.9 Å². The van der Waals surface area contributed by atoms with Crippen LogP contribution in [0.3, 0.4) is 0 Å². The maximum atomic E-state index is 13.1. The van der Waals surface area contributed by atoms with E-state index in [4.69, 9.17) is 20.8 Å². The average molecular weight is 432 g/mol. The van der Waals surface area contributed by atoms with Crippen LogP contribution in [0.4, 0.5) is 0 Å². The van der Waals surface area contributed by atoms with E-state index in [0.29, 0.717) is 35.3 Å². The van der Waals surface area contributed by atoms with Crippen molar-refractivity contribution in [2.75, 3.05) is 19.7 Å². The summed E-state index contributed by atoms with van der Waals surface area (Å²) in [5, 5.41) is 3.26. The van der Waals surface area contributed by atoms with Crippen LogP contribution in [0.5, 0.6) is 5.88 Å². The molecule has 0 unspecified atom stereocenters. The molecule has 4 heterocycles. The molecule has 2 bridgehead atoms. The number of nitrogens with zero attached hydrogens (tertiary/aromatic N) is 3. The van der Waals surface area contributed by atoms with Gasteiger partial charge in [0, 0.05) is 46.6 Å². The molecule has 150 valence electrons. The highest BCUT2D eigenvalue weighted by Crippen LogP contribution is 2.34. The zero-order chi connectivity index (χ0) is 20.1. The smallest absolute Gasteiger partial charge is 0.290 e. The zero-order valence-corrected chi connectivity index (χ0v) is 17.2. The van der Waals surface area contributed by atoms with Gasteiger partial charge < -0.3 is 19.0 Å².